The first kappa shape index (κ1) is 21.5. The number of amides is 2. The second-order valence-electron chi connectivity index (χ2n) is 7.05. The highest BCUT2D eigenvalue weighted by Gasteiger charge is 2.11. The molecule has 0 aliphatic rings. The number of aromatic nitrogens is 1. The van der Waals surface area contributed by atoms with Gasteiger partial charge >= 0.3 is 0 Å². The summed E-state index contributed by atoms with van der Waals surface area (Å²) in [7, 11) is 0. The number of hydrogen-bond acceptors (Lipinski definition) is 5. The van der Waals surface area contributed by atoms with Crippen molar-refractivity contribution < 1.29 is 14.3 Å². The Labute approximate surface area is 180 Å². The maximum Gasteiger partial charge on any atom is 0.255 e. The molecule has 156 valence electrons. The molecule has 2 aromatic carbocycles. The van der Waals surface area contributed by atoms with Crippen molar-refractivity contribution >= 4 is 34.5 Å². The van der Waals surface area contributed by atoms with Gasteiger partial charge < -0.3 is 15.4 Å². The van der Waals surface area contributed by atoms with E-state index in [0.29, 0.717) is 29.5 Å². The lowest BCUT2D eigenvalue weighted by Gasteiger charge is -2.08. The standard InChI is InChI=1S/C23H25N3O3S/c1-4-29-20-11-9-18(10-12-20)25-22(28)16-5-7-17(8-6-16)24-21(27)13-19-14-30-23(26-19)15(2)3/h5-12,14-15H,4,13H2,1-3H3,(H,24,27)(H,25,28). The summed E-state index contributed by atoms with van der Waals surface area (Å²) in [6.45, 7) is 6.67. The minimum absolute atomic E-state index is 0.137. The molecule has 0 spiro atoms. The fraction of sp³-hybridized carbons (Fsp3) is 0.261. The van der Waals surface area contributed by atoms with Crippen LogP contribution in [0, 0.1) is 0 Å². The molecule has 0 fully saturated rings. The van der Waals surface area contributed by atoms with Crippen LogP contribution >= 0.6 is 11.3 Å². The van der Waals surface area contributed by atoms with Gasteiger partial charge in [-0.15, -0.1) is 11.3 Å². The molecule has 0 saturated carbocycles. The number of anilines is 2. The summed E-state index contributed by atoms with van der Waals surface area (Å²) in [5.74, 6) is 0.754. The molecule has 3 rings (SSSR count). The zero-order valence-corrected chi connectivity index (χ0v) is 18.1. The molecule has 0 aliphatic heterocycles. The van der Waals surface area contributed by atoms with Crippen LogP contribution < -0.4 is 15.4 Å². The van der Waals surface area contributed by atoms with Crippen LogP contribution in [0.25, 0.3) is 0 Å². The Kier molecular flexibility index (Phi) is 7.19. The van der Waals surface area contributed by atoms with Crippen LogP contribution in [0.15, 0.2) is 53.9 Å². The van der Waals surface area contributed by atoms with E-state index in [-0.39, 0.29) is 18.2 Å². The van der Waals surface area contributed by atoms with Gasteiger partial charge in [0.1, 0.15) is 5.75 Å². The molecule has 0 atom stereocenters. The van der Waals surface area contributed by atoms with Crippen LogP contribution in [0.1, 0.15) is 47.7 Å². The average Bonchev–Trinajstić information content (AvgIpc) is 3.19. The molecule has 0 aliphatic carbocycles. The smallest absolute Gasteiger partial charge is 0.255 e. The Morgan fingerprint density at radius 2 is 1.63 bits per heavy atom. The Morgan fingerprint density at radius 1 is 1.00 bits per heavy atom. The number of thiazole rings is 1. The van der Waals surface area contributed by atoms with Crippen molar-refractivity contribution in [3.63, 3.8) is 0 Å². The first-order valence-electron chi connectivity index (χ1n) is 9.83. The molecule has 0 saturated heterocycles. The van der Waals surface area contributed by atoms with E-state index in [1.54, 1.807) is 47.7 Å². The van der Waals surface area contributed by atoms with Gasteiger partial charge in [0, 0.05) is 28.2 Å². The Morgan fingerprint density at radius 3 is 2.23 bits per heavy atom. The predicted molar refractivity (Wildman–Crippen MR) is 121 cm³/mol. The van der Waals surface area contributed by atoms with Gasteiger partial charge in [-0.2, -0.15) is 0 Å². The lowest BCUT2D eigenvalue weighted by Crippen LogP contribution is -2.15. The summed E-state index contributed by atoms with van der Waals surface area (Å²) in [5.41, 5.74) is 2.59. The molecule has 1 heterocycles. The van der Waals surface area contributed by atoms with E-state index in [1.807, 2.05) is 24.4 Å². The van der Waals surface area contributed by atoms with Gasteiger partial charge in [0.2, 0.25) is 5.91 Å². The van der Waals surface area contributed by atoms with Crippen molar-refractivity contribution in [2.45, 2.75) is 33.1 Å². The van der Waals surface area contributed by atoms with Gasteiger partial charge in [-0.05, 0) is 55.5 Å². The number of ether oxygens (including phenoxy) is 1. The van der Waals surface area contributed by atoms with E-state index in [9.17, 15) is 9.59 Å². The molecule has 1 aromatic heterocycles. The number of benzene rings is 2. The highest BCUT2D eigenvalue weighted by atomic mass is 32.1. The zero-order valence-electron chi connectivity index (χ0n) is 17.3. The van der Waals surface area contributed by atoms with Gasteiger partial charge in [0.05, 0.1) is 23.7 Å². The van der Waals surface area contributed by atoms with E-state index in [2.05, 4.69) is 29.5 Å². The van der Waals surface area contributed by atoms with Crippen molar-refractivity contribution in [1.82, 2.24) is 4.98 Å². The van der Waals surface area contributed by atoms with E-state index in [4.69, 9.17) is 4.74 Å². The van der Waals surface area contributed by atoms with Crippen molar-refractivity contribution in [3.8, 4) is 5.75 Å². The summed E-state index contributed by atoms with van der Waals surface area (Å²) < 4.78 is 5.39. The number of carbonyl (C=O) groups is 2. The van der Waals surface area contributed by atoms with Gasteiger partial charge in [0.15, 0.2) is 0 Å². The van der Waals surface area contributed by atoms with Gasteiger partial charge in [0.25, 0.3) is 5.91 Å². The van der Waals surface area contributed by atoms with Gasteiger partial charge in [-0.3, -0.25) is 9.59 Å². The first-order valence-corrected chi connectivity index (χ1v) is 10.7. The number of carbonyl (C=O) groups excluding carboxylic acids is 2. The molecule has 2 amide bonds. The summed E-state index contributed by atoms with van der Waals surface area (Å²) in [5, 5.41) is 8.63. The lowest BCUT2D eigenvalue weighted by atomic mass is 10.2. The number of nitrogens with zero attached hydrogens (tertiary/aromatic N) is 1. The minimum Gasteiger partial charge on any atom is -0.494 e. The summed E-state index contributed by atoms with van der Waals surface area (Å²) in [4.78, 5) is 29.2. The molecule has 0 unspecified atom stereocenters. The van der Waals surface area contributed by atoms with Crippen LogP contribution in [0.4, 0.5) is 11.4 Å². The van der Waals surface area contributed by atoms with Crippen LogP contribution in [0.3, 0.4) is 0 Å². The van der Waals surface area contributed by atoms with E-state index in [1.165, 1.54) is 0 Å². The molecular weight excluding hydrogens is 398 g/mol. The van der Waals surface area contributed by atoms with E-state index >= 15 is 0 Å². The predicted octanol–water partition coefficient (Wildman–Crippen LogP) is 5.10. The molecule has 7 heteroatoms. The Hall–Kier alpha value is -3.19. The fourth-order valence-corrected chi connectivity index (χ4v) is 3.58. The fourth-order valence-electron chi connectivity index (χ4n) is 2.75. The normalized spacial score (nSPS) is 10.7. The molecular formula is C23H25N3O3S. The topological polar surface area (TPSA) is 80.3 Å². The van der Waals surface area contributed by atoms with Crippen LogP contribution in [0.5, 0.6) is 5.75 Å². The van der Waals surface area contributed by atoms with Crippen LogP contribution in [0.2, 0.25) is 0 Å². The largest absolute Gasteiger partial charge is 0.494 e. The van der Waals surface area contributed by atoms with Crippen molar-refractivity contribution in [2.24, 2.45) is 0 Å². The number of nitrogens with one attached hydrogen (secondary N) is 2. The monoisotopic (exact) mass is 423 g/mol. The zero-order chi connectivity index (χ0) is 21.5. The molecule has 6 nitrogen and oxygen atoms in total. The third kappa shape index (κ3) is 5.90. The van der Waals surface area contributed by atoms with Crippen molar-refractivity contribution in [1.29, 1.82) is 0 Å². The van der Waals surface area contributed by atoms with Crippen molar-refractivity contribution in [2.75, 3.05) is 17.2 Å². The first-order chi connectivity index (χ1) is 14.4. The minimum atomic E-state index is -0.222. The highest BCUT2D eigenvalue weighted by molar-refractivity contribution is 7.09. The van der Waals surface area contributed by atoms with Gasteiger partial charge in [-0.25, -0.2) is 4.98 Å². The summed E-state index contributed by atoms with van der Waals surface area (Å²) in [6.07, 6.45) is 0.225. The van der Waals surface area contributed by atoms with E-state index in [0.717, 1.165) is 16.5 Å². The maximum atomic E-state index is 12.4. The van der Waals surface area contributed by atoms with Crippen LogP contribution in [-0.2, 0) is 11.2 Å². The third-order valence-electron chi connectivity index (χ3n) is 4.26. The molecule has 3 aromatic rings. The molecule has 0 bridgehead atoms. The SMILES string of the molecule is CCOc1ccc(NC(=O)c2ccc(NC(=O)Cc3csc(C(C)C)n3)cc2)cc1. The molecule has 2 N–H and O–H groups in total. The highest BCUT2D eigenvalue weighted by Crippen LogP contribution is 2.20. The Bertz CT molecular complexity index is 995. The summed E-state index contributed by atoms with van der Waals surface area (Å²) >= 11 is 1.57. The molecule has 30 heavy (non-hydrogen) atoms. The second-order valence-corrected chi connectivity index (χ2v) is 7.94. The lowest BCUT2D eigenvalue weighted by molar-refractivity contribution is -0.115. The average molecular weight is 424 g/mol. The summed E-state index contributed by atoms with van der Waals surface area (Å²) in [6, 6.07) is 14.0. The Balaban J connectivity index is 1.54. The number of rotatable bonds is 8. The molecule has 0 radical (unpaired) electrons. The quantitative estimate of drug-likeness (QED) is 0.528. The second kappa shape index (κ2) is 10.0. The number of hydrogen-bond donors (Lipinski definition) is 2. The third-order valence-corrected chi connectivity index (χ3v) is 5.45. The van der Waals surface area contributed by atoms with E-state index < -0.39 is 0 Å². The van der Waals surface area contributed by atoms with Crippen LogP contribution in [-0.4, -0.2) is 23.4 Å². The van der Waals surface area contributed by atoms with Crippen molar-refractivity contribution in [3.05, 3.63) is 70.2 Å². The maximum absolute atomic E-state index is 12.4. The van der Waals surface area contributed by atoms with Gasteiger partial charge in [-0.1, -0.05) is 13.8 Å².